The molecule has 2 heteroatoms. The van der Waals surface area contributed by atoms with Crippen LogP contribution in [-0.4, -0.2) is 23.9 Å². The zero-order chi connectivity index (χ0) is 13.1. The van der Waals surface area contributed by atoms with Crippen molar-refractivity contribution in [2.75, 3.05) is 19.0 Å². The van der Waals surface area contributed by atoms with E-state index in [0.717, 1.165) is 18.3 Å². The van der Waals surface area contributed by atoms with E-state index in [-0.39, 0.29) is 0 Å². The topological polar surface area (TPSA) is 3.24 Å². The lowest BCUT2D eigenvalue weighted by molar-refractivity contribution is 0.156. The molecule has 19 heavy (non-hydrogen) atoms. The Labute approximate surface area is 121 Å². The Kier molecular flexibility index (Phi) is 4.14. The van der Waals surface area contributed by atoms with Crippen LogP contribution in [0.25, 0.3) is 0 Å². The SMILES string of the molecule is ClCC1CCC2(CC1)CCN(Cc1ccccc1)C2. The van der Waals surface area contributed by atoms with Gasteiger partial charge in [-0.05, 0) is 55.5 Å². The minimum absolute atomic E-state index is 0.622. The fourth-order valence-corrected chi connectivity index (χ4v) is 4.17. The first-order valence-corrected chi connectivity index (χ1v) is 8.15. The summed E-state index contributed by atoms with van der Waals surface area (Å²) in [6.07, 6.45) is 6.89. The van der Waals surface area contributed by atoms with Crippen LogP contribution < -0.4 is 0 Å². The predicted octanol–water partition coefficient (Wildman–Crippen LogP) is 4.31. The van der Waals surface area contributed by atoms with Gasteiger partial charge < -0.3 is 0 Å². The van der Waals surface area contributed by atoms with Gasteiger partial charge in [-0.25, -0.2) is 0 Å². The zero-order valence-corrected chi connectivity index (χ0v) is 12.4. The molecule has 0 N–H and O–H groups in total. The molecule has 1 heterocycles. The van der Waals surface area contributed by atoms with Crippen molar-refractivity contribution < 1.29 is 0 Å². The molecule has 1 spiro atoms. The van der Waals surface area contributed by atoms with E-state index < -0.39 is 0 Å². The van der Waals surface area contributed by atoms with Crippen LogP contribution in [0.1, 0.15) is 37.7 Å². The zero-order valence-electron chi connectivity index (χ0n) is 11.7. The molecular weight excluding hydrogens is 254 g/mol. The van der Waals surface area contributed by atoms with Crippen molar-refractivity contribution in [3.63, 3.8) is 0 Å². The average molecular weight is 278 g/mol. The van der Waals surface area contributed by atoms with Gasteiger partial charge in [0.15, 0.2) is 0 Å². The van der Waals surface area contributed by atoms with Crippen molar-refractivity contribution in [1.82, 2.24) is 4.90 Å². The number of likely N-dealkylation sites (tertiary alicyclic amines) is 1. The molecule has 1 aliphatic carbocycles. The van der Waals surface area contributed by atoms with Gasteiger partial charge in [-0.1, -0.05) is 30.3 Å². The summed E-state index contributed by atoms with van der Waals surface area (Å²) in [6, 6.07) is 10.9. The summed E-state index contributed by atoms with van der Waals surface area (Å²) in [5, 5.41) is 0. The van der Waals surface area contributed by atoms with Crippen LogP contribution in [-0.2, 0) is 6.54 Å². The summed E-state index contributed by atoms with van der Waals surface area (Å²) in [7, 11) is 0. The van der Waals surface area contributed by atoms with Crippen molar-refractivity contribution >= 4 is 11.6 Å². The van der Waals surface area contributed by atoms with Crippen molar-refractivity contribution in [3.8, 4) is 0 Å². The average Bonchev–Trinajstić information content (AvgIpc) is 2.84. The van der Waals surface area contributed by atoms with Crippen LogP contribution >= 0.6 is 11.6 Å². The van der Waals surface area contributed by atoms with Crippen LogP contribution in [0, 0.1) is 11.3 Å². The van der Waals surface area contributed by atoms with Crippen LogP contribution in [0.3, 0.4) is 0 Å². The highest BCUT2D eigenvalue weighted by Gasteiger charge is 2.40. The molecule has 0 radical (unpaired) electrons. The van der Waals surface area contributed by atoms with Gasteiger partial charge in [0.25, 0.3) is 0 Å². The second-order valence-corrected chi connectivity index (χ2v) is 6.85. The van der Waals surface area contributed by atoms with Gasteiger partial charge in [0.05, 0.1) is 0 Å². The first kappa shape index (κ1) is 13.5. The number of halogens is 1. The lowest BCUT2D eigenvalue weighted by Crippen LogP contribution is -2.31. The van der Waals surface area contributed by atoms with E-state index in [1.165, 1.54) is 50.8 Å². The van der Waals surface area contributed by atoms with E-state index in [4.69, 9.17) is 11.6 Å². The molecule has 1 nitrogen and oxygen atoms in total. The Morgan fingerprint density at radius 2 is 1.84 bits per heavy atom. The van der Waals surface area contributed by atoms with Crippen LogP contribution in [0.15, 0.2) is 30.3 Å². The maximum Gasteiger partial charge on any atom is 0.0251 e. The van der Waals surface area contributed by atoms with E-state index in [9.17, 15) is 0 Å². The Balaban J connectivity index is 1.56. The molecule has 2 aliphatic rings. The molecule has 0 aromatic heterocycles. The fraction of sp³-hybridized carbons (Fsp3) is 0.647. The van der Waals surface area contributed by atoms with Gasteiger partial charge in [0.1, 0.15) is 0 Å². The van der Waals surface area contributed by atoms with Crippen LogP contribution in [0.5, 0.6) is 0 Å². The highest BCUT2D eigenvalue weighted by molar-refractivity contribution is 6.18. The van der Waals surface area contributed by atoms with Gasteiger partial charge in [0, 0.05) is 19.0 Å². The second kappa shape index (κ2) is 5.85. The van der Waals surface area contributed by atoms with Gasteiger partial charge in [0.2, 0.25) is 0 Å². The van der Waals surface area contributed by atoms with Gasteiger partial charge in [-0.2, -0.15) is 0 Å². The van der Waals surface area contributed by atoms with Crippen molar-refractivity contribution in [2.45, 2.75) is 38.6 Å². The Morgan fingerprint density at radius 3 is 2.53 bits per heavy atom. The molecule has 104 valence electrons. The van der Waals surface area contributed by atoms with E-state index in [1.807, 2.05) is 0 Å². The standard InChI is InChI=1S/C17H24ClN/c18-12-15-6-8-17(9-7-15)10-11-19(14-17)13-16-4-2-1-3-5-16/h1-5,15H,6-14H2. The van der Waals surface area contributed by atoms with Crippen LogP contribution in [0.4, 0.5) is 0 Å². The molecule has 0 unspecified atom stereocenters. The maximum atomic E-state index is 6.00. The largest absolute Gasteiger partial charge is 0.299 e. The molecule has 1 aliphatic heterocycles. The van der Waals surface area contributed by atoms with Gasteiger partial charge in [-0.3, -0.25) is 4.90 Å². The van der Waals surface area contributed by atoms with Gasteiger partial charge >= 0.3 is 0 Å². The molecule has 0 atom stereocenters. The minimum Gasteiger partial charge on any atom is -0.299 e. The maximum absolute atomic E-state index is 6.00. The molecule has 1 aromatic carbocycles. The summed E-state index contributed by atoms with van der Waals surface area (Å²) in [6.45, 7) is 3.71. The molecule has 1 saturated carbocycles. The fourth-order valence-electron chi connectivity index (χ4n) is 3.86. The monoisotopic (exact) mass is 277 g/mol. The first-order valence-electron chi connectivity index (χ1n) is 7.62. The van der Waals surface area contributed by atoms with Crippen LogP contribution in [0.2, 0.25) is 0 Å². The van der Waals surface area contributed by atoms with Crippen molar-refractivity contribution in [1.29, 1.82) is 0 Å². The summed E-state index contributed by atoms with van der Waals surface area (Å²) in [5.41, 5.74) is 2.08. The molecule has 0 amide bonds. The lowest BCUT2D eigenvalue weighted by Gasteiger charge is -2.36. The molecule has 1 saturated heterocycles. The number of hydrogen-bond donors (Lipinski definition) is 0. The minimum atomic E-state index is 0.622. The first-order chi connectivity index (χ1) is 9.30. The molecule has 2 fully saturated rings. The van der Waals surface area contributed by atoms with Crippen molar-refractivity contribution in [3.05, 3.63) is 35.9 Å². The Hall–Kier alpha value is -0.530. The molecule has 1 aromatic rings. The summed E-state index contributed by atoms with van der Waals surface area (Å²) >= 11 is 6.00. The third-order valence-corrected chi connectivity index (χ3v) is 5.59. The second-order valence-electron chi connectivity index (χ2n) is 6.54. The summed E-state index contributed by atoms with van der Waals surface area (Å²) in [5.74, 6) is 1.65. The Morgan fingerprint density at radius 1 is 1.11 bits per heavy atom. The predicted molar refractivity (Wildman–Crippen MR) is 81.4 cm³/mol. The quantitative estimate of drug-likeness (QED) is 0.744. The summed E-state index contributed by atoms with van der Waals surface area (Å²) < 4.78 is 0. The lowest BCUT2D eigenvalue weighted by atomic mass is 9.70. The molecule has 3 rings (SSSR count). The third kappa shape index (κ3) is 3.14. The Bertz CT molecular complexity index is 395. The highest BCUT2D eigenvalue weighted by atomic mass is 35.5. The summed E-state index contributed by atoms with van der Waals surface area (Å²) in [4.78, 5) is 2.65. The smallest absolute Gasteiger partial charge is 0.0251 e. The van der Waals surface area contributed by atoms with Crippen molar-refractivity contribution in [2.24, 2.45) is 11.3 Å². The number of alkyl halides is 1. The third-order valence-electron chi connectivity index (χ3n) is 5.15. The van der Waals surface area contributed by atoms with E-state index >= 15 is 0 Å². The highest BCUT2D eigenvalue weighted by Crippen LogP contribution is 2.45. The molecule has 0 bridgehead atoms. The number of rotatable bonds is 3. The number of benzene rings is 1. The molecular formula is C17H24ClN. The van der Waals surface area contributed by atoms with Gasteiger partial charge in [-0.15, -0.1) is 11.6 Å². The number of nitrogens with zero attached hydrogens (tertiary/aromatic N) is 1. The van der Waals surface area contributed by atoms with E-state index in [2.05, 4.69) is 35.2 Å². The van der Waals surface area contributed by atoms with E-state index in [1.54, 1.807) is 0 Å². The van der Waals surface area contributed by atoms with E-state index in [0.29, 0.717) is 5.41 Å². The normalized spacial score (nSPS) is 31.9. The number of hydrogen-bond acceptors (Lipinski definition) is 1.